The Kier molecular flexibility index (Phi) is 5.49. The van der Waals surface area contributed by atoms with E-state index < -0.39 is 6.09 Å². The fraction of sp³-hybridized carbons (Fsp3) is 0.481. The van der Waals surface area contributed by atoms with Gasteiger partial charge in [-0.15, -0.1) is 0 Å². The van der Waals surface area contributed by atoms with Crippen LogP contribution in [0.15, 0.2) is 36.8 Å². The van der Waals surface area contributed by atoms with Crippen molar-refractivity contribution in [3.8, 4) is 28.3 Å². The Bertz CT molecular complexity index is 1320. The van der Waals surface area contributed by atoms with Gasteiger partial charge in [0.25, 0.3) is 0 Å². The van der Waals surface area contributed by atoms with Gasteiger partial charge in [0.15, 0.2) is 0 Å². The molecule has 0 saturated carbocycles. The van der Waals surface area contributed by atoms with Gasteiger partial charge in [-0.25, -0.2) is 14.5 Å². The third-order valence-electron chi connectivity index (χ3n) is 8.16. The molecule has 2 aromatic heterocycles. The fourth-order valence-electron chi connectivity index (χ4n) is 6.39. The Morgan fingerprint density at radius 1 is 1.08 bits per heavy atom. The van der Waals surface area contributed by atoms with Gasteiger partial charge in [-0.05, 0) is 62.1 Å². The molecule has 6 heterocycles. The lowest BCUT2D eigenvalue weighted by molar-refractivity contribution is -0.0394. The van der Waals surface area contributed by atoms with Crippen LogP contribution in [0.25, 0.3) is 22.4 Å². The van der Waals surface area contributed by atoms with Crippen LogP contribution in [0, 0.1) is 0 Å². The van der Waals surface area contributed by atoms with Crippen molar-refractivity contribution in [2.24, 2.45) is 0 Å². The number of anilines is 1. The SMILES string of the molecule is O=C(O)N1C2CCC1CC(Nc1cnc3c(n1)OCc1cc(-c4cnn(C5CCCCO5)c4)ccc1-3)C2. The molecule has 3 atom stereocenters. The van der Waals surface area contributed by atoms with Gasteiger partial charge in [0.05, 0.1) is 12.4 Å². The van der Waals surface area contributed by atoms with Crippen LogP contribution >= 0.6 is 0 Å². The molecule has 1 amide bonds. The Hall–Kier alpha value is -3.66. The normalized spacial score (nSPS) is 26.2. The Balaban J connectivity index is 1.07. The molecule has 4 aliphatic heterocycles. The summed E-state index contributed by atoms with van der Waals surface area (Å²) in [5, 5.41) is 17.5. The molecule has 3 unspecified atom stereocenters. The van der Waals surface area contributed by atoms with E-state index in [4.69, 9.17) is 19.4 Å². The van der Waals surface area contributed by atoms with Gasteiger partial charge in [-0.1, -0.05) is 12.1 Å². The molecule has 2 bridgehead atoms. The predicted octanol–water partition coefficient (Wildman–Crippen LogP) is 4.68. The van der Waals surface area contributed by atoms with Crippen molar-refractivity contribution >= 4 is 11.9 Å². The number of carboxylic acid groups (broad SMARTS) is 1. The number of amides is 1. The Morgan fingerprint density at radius 2 is 1.95 bits per heavy atom. The first-order chi connectivity index (χ1) is 18.1. The molecule has 7 rings (SSSR count). The smallest absolute Gasteiger partial charge is 0.407 e. The van der Waals surface area contributed by atoms with Crippen LogP contribution in [0.4, 0.5) is 10.6 Å². The van der Waals surface area contributed by atoms with Crippen LogP contribution in [0.1, 0.15) is 56.7 Å². The summed E-state index contributed by atoms with van der Waals surface area (Å²) < 4.78 is 13.8. The summed E-state index contributed by atoms with van der Waals surface area (Å²) in [7, 11) is 0. The van der Waals surface area contributed by atoms with Crippen LogP contribution in [0.3, 0.4) is 0 Å². The van der Waals surface area contributed by atoms with Gasteiger partial charge in [0.1, 0.15) is 24.3 Å². The lowest BCUT2D eigenvalue weighted by Gasteiger charge is -2.37. The van der Waals surface area contributed by atoms with Gasteiger partial charge in [0.2, 0.25) is 5.88 Å². The quantitative estimate of drug-likeness (QED) is 0.528. The van der Waals surface area contributed by atoms with E-state index >= 15 is 0 Å². The van der Waals surface area contributed by atoms with Crippen molar-refractivity contribution in [3.63, 3.8) is 0 Å². The number of hydrogen-bond donors (Lipinski definition) is 2. The van der Waals surface area contributed by atoms with Crippen molar-refractivity contribution in [1.29, 1.82) is 0 Å². The molecule has 4 aliphatic rings. The van der Waals surface area contributed by atoms with Crippen molar-refractivity contribution in [3.05, 3.63) is 42.4 Å². The average Bonchev–Trinajstić information content (AvgIpc) is 3.52. The van der Waals surface area contributed by atoms with Crippen molar-refractivity contribution in [2.45, 2.75) is 75.9 Å². The third kappa shape index (κ3) is 4.09. The van der Waals surface area contributed by atoms with Gasteiger partial charge < -0.3 is 24.8 Å². The molecule has 3 aromatic rings. The first-order valence-corrected chi connectivity index (χ1v) is 13.2. The van der Waals surface area contributed by atoms with E-state index in [1.165, 1.54) is 6.42 Å². The maximum atomic E-state index is 11.6. The summed E-state index contributed by atoms with van der Waals surface area (Å²) in [6.07, 6.45) is 11.6. The number of nitrogens with zero attached hydrogens (tertiary/aromatic N) is 5. The first-order valence-electron chi connectivity index (χ1n) is 13.2. The highest BCUT2D eigenvalue weighted by molar-refractivity contribution is 5.75. The minimum absolute atomic E-state index is 0.0216. The third-order valence-corrected chi connectivity index (χ3v) is 8.16. The molecular weight excluding hydrogens is 472 g/mol. The van der Waals surface area contributed by atoms with Crippen LogP contribution in [0.2, 0.25) is 0 Å². The molecule has 0 aliphatic carbocycles. The summed E-state index contributed by atoms with van der Waals surface area (Å²) in [5.74, 6) is 1.20. The van der Waals surface area contributed by atoms with Crippen molar-refractivity contribution < 1.29 is 19.4 Å². The summed E-state index contributed by atoms with van der Waals surface area (Å²) in [5.41, 5.74) is 4.97. The van der Waals surface area contributed by atoms with E-state index in [0.29, 0.717) is 18.3 Å². The lowest BCUT2D eigenvalue weighted by Crippen LogP contribution is -2.49. The number of hydrogen-bond acceptors (Lipinski definition) is 7. The molecular formula is C27H30N6O4. The van der Waals surface area contributed by atoms with Crippen LogP contribution < -0.4 is 10.1 Å². The number of rotatable bonds is 4. The molecule has 192 valence electrons. The molecule has 10 nitrogen and oxygen atoms in total. The van der Waals surface area contributed by atoms with E-state index in [1.807, 2.05) is 10.9 Å². The maximum Gasteiger partial charge on any atom is 0.407 e. The van der Waals surface area contributed by atoms with Gasteiger partial charge in [-0.2, -0.15) is 10.1 Å². The van der Waals surface area contributed by atoms with E-state index in [1.54, 1.807) is 11.1 Å². The van der Waals surface area contributed by atoms with E-state index in [0.717, 1.165) is 73.1 Å². The minimum atomic E-state index is -0.804. The Labute approximate surface area is 214 Å². The summed E-state index contributed by atoms with van der Waals surface area (Å²) in [6.45, 7) is 1.22. The second-order valence-corrected chi connectivity index (χ2v) is 10.5. The van der Waals surface area contributed by atoms with E-state index in [9.17, 15) is 9.90 Å². The highest BCUT2D eigenvalue weighted by Crippen LogP contribution is 2.39. The van der Waals surface area contributed by atoms with Gasteiger partial charge >= 0.3 is 6.09 Å². The van der Waals surface area contributed by atoms with Crippen LogP contribution in [-0.4, -0.2) is 60.6 Å². The molecule has 10 heteroatoms. The molecule has 37 heavy (non-hydrogen) atoms. The fourth-order valence-corrected chi connectivity index (χ4v) is 6.39. The summed E-state index contributed by atoms with van der Waals surface area (Å²) >= 11 is 0. The van der Waals surface area contributed by atoms with Crippen LogP contribution in [-0.2, 0) is 11.3 Å². The summed E-state index contributed by atoms with van der Waals surface area (Å²) in [4.78, 5) is 22.6. The predicted molar refractivity (Wildman–Crippen MR) is 135 cm³/mol. The van der Waals surface area contributed by atoms with Gasteiger partial charge in [-0.3, -0.25) is 0 Å². The Morgan fingerprint density at radius 3 is 2.73 bits per heavy atom. The number of nitrogens with one attached hydrogen (secondary N) is 1. The maximum absolute atomic E-state index is 11.6. The average molecular weight is 503 g/mol. The second-order valence-electron chi connectivity index (χ2n) is 10.5. The van der Waals surface area contributed by atoms with E-state index in [-0.39, 0.29) is 24.4 Å². The zero-order valence-electron chi connectivity index (χ0n) is 20.5. The zero-order valence-corrected chi connectivity index (χ0v) is 20.5. The van der Waals surface area contributed by atoms with Gasteiger partial charge in [0, 0.05) is 42.1 Å². The van der Waals surface area contributed by atoms with Crippen molar-refractivity contribution in [2.75, 3.05) is 11.9 Å². The largest absolute Gasteiger partial charge is 0.471 e. The second kappa shape index (κ2) is 9.02. The number of ether oxygens (including phenoxy) is 2. The standard InChI is InChI=1S/C27H30N6O4/c34-27(35)33-20-5-6-21(33)11-19(10-20)30-23-13-28-25-22-7-4-16(9-17(22)15-37-26(25)31-23)18-12-29-32(14-18)24-3-1-2-8-36-24/h4,7,9,12-14,19-21,24H,1-3,5-6,8,10-11,15H2,(H,30,31)(H,34,35). The van der Waals surface area contributed by atoms with E-state index in [2.05, 4.69) is 34.8 Å². The topological polar surface area (TPSA) is 115 Å². The summed E-state index contributed by atoms with van der Waals surface area (Å²) in [6, 6.07) is 6.66. The molecule has 1 aromatic carbocycles. The molecule has 0 radical (unpaired) electrons. The number of piperidine rings is 1. The first kappa shape index (κ1) is 22.5. The number of carbonyl (C=O) groups is 1. The number of benzene rings is 1. The monoisotopic (exact) mass is 502 g/mol. The number of fused-ring (bicyclic) bond motifs is 5. The highest BCUT2D eigenvalue weighted by atomic mass is 16.5. The molecule has 3 fully saturated rings. The van der Waals surface area contributed by atoms with Crippen LogP contribution in [0.5, 0.6) is 5.88 Å². The molecule has 0 spiro atoms. The minimum Gasteiger partial charge on any atom is -0.471 e. The molecule has 2 N–H and O–H groups in total. The zero-order chi connectivity index (χ0) is 24.9. The highest BCUT2D eigenvalue weighted by Gasteiger charge is 2.43. The lowest BCUT2D eigenvalue weighted by atomic mass is 9.97. The number of aromatic nitrogens is 4. The van der Waals surface area contributed by atoms with Crippen molar-refractivity contribution in [1.82, 2.24) is 24.6 Å². The molecule has 3 saturated heterocycles.